The highest BCUT2D eigenvalue weighted by molar-refractivity contribution is 7.00. The largest absolute Gasteiger partial charge is 0.330 e. The molecule has 4 aliphatic rings. The fraction of sp³-hybridized carbons (Fsp3) is 0.0909. The quantitative estimate of drug-likeness (QED) is 0.154. The molecule has 0 bridgehead atoms. The second-order valence-corrected chi connectivity index (χ2v) is 19.9. The smallest absolute Gasteiger partial charge is 0.252 e. The third-order valence-electron chi connectivity index (χ3n) is 16.5. The Morgan fingerprint density at radius 3 is 1.50 bits per heavy atom. The van der Waals surface area contributed by atoms with E-state index < -0.39 is 5.54 Å². The highest BCUT2D eigenvalue weighted by Crippen LogP contribution is 2.65. The van der Waals surface area contributed by atoms with E-state index in [4.69, 9.17) is 0 Å². The summed E-state index contributed by atoms with van der Waals surface area (Å²) in [6.07, 6.45) is 2.08. The topological polar surface area (TPSA) is 9.72 Å². The Morgan fingerprint density at radius 2 is 0.843 bits per heavy atom. The number of fused-ring (bicyclic) bond motifs is 9. The van der Waals surface area contributed by atoms with E-state index in [1.807, 2.05) is 0 Å². The van der Waals surface area contributed by atoms with Gasteiger partial charge >= 0.3 is 0 Å². The summed E-state index contributed by atoms with van der Waals surface area (Å²) in [6.45, 7) is 5.05. The van der Waals surface area contributed by atoms with E-state index in [9.17, 15) is 0 Å². The monoisotopic (exact) mass is 895 g/mol. The average molecular weight is 896 g/mol. The Balaban J connectivity index is 1.08. The van der Waals surface area contributed by atoms with Gasteiger partial charge in [0.05, 0.1) is 5.54 Å². The first-order chi connectivity index (χ1) is 34.5. The molecule has 3 aliphatic heterocycles. The SMILES string of the molecule is CC12CCc3ccccc3C1(C)N(c1cc3c4c(c1)N(c1ccc(-c5ccccc5)cc1)c1ccc(-c5ccccc5)cc1B4c1ccccc1N3c1ccccc1)c1ccc(-c3ccccc3)cc12. The maximum Gasteiger partial charge on any atom is 0.252 e. The molecule has 2 unspecified atom stereocenters. The molecule has 14 rings (SSSR count). The minimum atomic E-state index is -0.413. The maximum absolute atomic E-state index is 2.75. The van der Waals surface area contributed by atoms with E-state index in [1.54, 1.807) is 0 Å². The van der Waals surface area contributed by atoms with Crippen molar-refractivity contribution in [3.05, 3.63) is 259 Å². The van der Waals surface area contributed by atoms with Gasteiger partial charge in [0.1, 0.15) is 0 Å². The Hall–Kier alpha value is -8.34. The van der Waals surface area contributed by atoms with Gasteiger partial charge < -0.3 is 14.7 Å². The van der Waals surface area contributed by atoms with Crippen LogP contribution in [0, 0.1) is 0 Å². The van der Waals surface area contributed by atoms with E-state index in [1.165, 1.54) is 101 Å². The predicted molar refractivity (Wildman–Crippen MR) is 295 cm³/mol. The van der Waals surface area contributed by atoms with Crippen LogP contribution in [-0.2, 0) is 17.4 Å². The van der Waals surface area contributed by atoms with Crippen LogP contribution in [0.1, 0.15) is 37.0 Å². The molecule has 0 saturated carbocycles. The van der Waals surface area contributed by atoms with Gasteiger partial charge in [-0.3, -0.25) is 0 Å². The van der Waals surface area contributed by atoms with Gasteiger partial charge in [0.25, 0.3) is 6.71 Å². The summed E-state index contributed by atoms with van der Waals surface area (Å²) in [4.78, 5) is 7.86. The first kappa shape index (κ1) is 40.7. The first-order valence-corrected chi connectivity index (χ1v) is 24.8. The van der Waals surface area contributed by atoms with Crippen molar-refractivity contribution in [1.82, 2.24) is 0 Å². The fourth-order valence-electron chi connectivity index (χ4n) is 13.0. The molecule has 3 nitrogen and oxygen atoms in total. The molecular weight excluding hydrogens is 846 g/mol. The minimum Gasteiger partial charge on any atom is -0.330 e. The van der Waals surface area contributed by atoms with Crippen molar-refractivity contribution in [1.29, 1.82) is 0 Å². The zero-order valence-electron chi connectivity index (χ0n) is 39.4. The standard InChI is InChI=1S/C66H50BN3/c1-65-40-39-49-25-15-16-28-55(49)66(65,2)70(59-37-33-50(41-56(59)65)46-21-9-4-10-22-46)54-43-62-64-63(44-54)69(53-35-31-48(32-36-53)45-19-7-3-8-20-45)61-38-34-51(47-23-11-5-12-24-47)42-58(61)67(64)57-29-17-18-30-60(57)68(62)52-26-13-6-14-27-52/h3-38,41-44H,39-40H2,1-2H3. The summed E-state index contributed by atoms with van der Waals surface area (Å²) in [5, 5.41) is 0. The molecule has 3 heterocycles. The lowest BCUT2D eigenvalue weighted by Gasteiger charge is -2.52. The second-order valence-electron chi connectivity index (χ2n) is 19.9. The highest BCUT2D eigenvalue weighted by Gasteiger charge is 2.60. The number of hydrogen-bond donors (Lipinski definition) is 0. The zero-order chi connectivity index (χ0) is 46.6. The van der Waals surface area contributed by atoms with Crippen LogP contribution in [0.2, 0.25) is 0 Å². The third kappa shape index (κ3) is 5.89. The van der Waals surface area contributed by atoms with E-state index in [0.29, 0.717) is 0 Å². The van der Waals surface area contributed by atoms with Crippen molar-refractivity contribution < 1.29 is 0 Å². The van der Waals surface area contributed by atoms with Crippen LogP contribution in [0.4, 0.5) is 45.5 Å². The molecule has 0 aromatic heterocycles. The third-order valence-corrected chi connectivity index (χ3v) is 16.5. The van der Waals surface area contributed by atoms with Crippen LogP contribution in [0.25, 0.3) is 33.4 Å². The molecular formula is C66H50BN3. The van der Waals surface area contributed by atoms with Crippen LogP contribution in [-0.4, -0.2) is 6.71 Å². The van der Waals surface area contributed by atoms with Gasteiger partial charge in [-0.25, -0.2) is 0 Å². The van der Waals surface area contributed by atoms with Crippen LogP contribution in [0.3, 0.4) is 0 Å². The predicted octanol–water partition coefficient (Wildman–Crippen LogP) is 15.0. The van der Waals surface area contributed by atoms with Gasteiger partial charge in [-0.1, -0.05) is 189 Å². The fourth-order valence-corrected chi connectivity index (χ4v) is 13.0. The van der Waals surface area contributed by atoms with Crippen molar-refractivity contribution in [2.45, 2.75) is 37.6 Å². The Labute approximate surface area is 411 Å². The summed E-state index contributed by atoms with van der Waals surface area (Å²) in [5.41, 5.74) is 24.4. The normalized spacial score (nSPS) is 18.0. The molecule has 1 aliphatic carbocycles. The second kappa shape index (κ2) is 15.6. The van der Waals surface area contributed by atoms with Crippen molar-refractivity contribution in [2.75, 3.05) is 14.7 Å². The van der Waals surface area contributed by atoms with Crippen LogP contribution in [0.15, 0.2) is 243 Å². The molecule has 332 valence electrons. The molecule has 2 atom stereocenters. The molecule has 10 aromatic carbocycles. The number of hydrogen-bond acceptors (Lipinski definition) is 3. The Kier molecular flexibility index (Phi) is 9.07. The van der Waals surface area contributed by atoms with E-state index in [-0.39, 0.29) is 12.1 Å². The summed E-state index contributed by atoms with van der Waals surface area (Å²) in [7, 11) is 0. The first-order valence-electron chi connectivity index (χ1n) is 24.8. The molecule has 0 radical (unpaired) electrons. The highest BCUT2D eigenvalue weighted by atomic mass is 15.3. The molecule has 70 heavy (non-hydrogen) atoms. The van der Waals surface area contributed by atoms with Crippen molar-refractivity contribution in [3.63, 3.8) is 0 Å². The maximum atomic E-state index is 2.75. The van der Waals surface area contributed by atoms with E-state index >= 15 is 0 Å². The van der Waals surface area contributed by atoms with Gasteiger partial charge in [-0.2, -0.15) is 0 Å². The van der Waals surface area contributed by atoms with Gasteiger partial charge in [-0.05, 0) is 147 Å². The zero-order valence-corrected chi connectivity index (χ0v) is 39.4. The molecule has 0 saturated heterocycles. The lowest BCUT2D eigenvalue weighted by molar-refractivity contribution is 0.245. The number of benzene rings is 10. The summed E-state index contributed by atoms with van der Waals surface area (Å²) >= 11 is 0. The molecule has 10 aromatic rings. The van der Waals surface area contributed by atoms with Crippen LogP contribution >= 0.6 is 0 Å². The van der Waals surface area contributed by atoms with E-state index in [2.05, 4.69) is 271 Å². The number of rotatable bonds is 6. The lowest BCUT2D eigenvalue weighted by Crippen LogP contribution is -2.61. The Bertz CT molecular complexity index is 3650. The van der Waals surface area contributed by atoms with Crippen LogP contribution < -0.4 is 31.1 Å². The van der Waals surface area contributed by atoms with Crippen molar-refractivity contribution in [3.8, 4) is 33.4 Å². The number of para-hydroxylation sites is 2. The van der Waals surface area contributed by atoms with Gasteiger partial charge in [0, 0.05) is 50.9 Å². The van der Waals surface area contributed by atoms with Gasteiger partial charge in [0.15, 0.2) is 0 Å². The van der Waals surface area contributed by atoms with Crippen molar-refractivity contribution in [2.24, 2.45) is 0 Å². The van der Waals surface area contributed by atoms with Gasteiger partial charge in [0.2, 0.25) is 0 Å². The van der Waals surface area contributed by atoms with E-state index in [0.717, 1.165) is 24.2 Å². The average Bonchev–Trinajstić information content (AvgIpc) is 3.64. The summed E-state index contributed by atoms with van der Waals surface area (Å²) in [6, 6.07) is 90.7. The minimum absolute atomic E-state index is 0.0238. The summed E-state index contributed by atoms with van der Waals surface area (Å²) < 4.78 is 0. The van der Waals surface area contributed by atoms with Gasteiger partial charge in [-0.15, -0.1) is 0 Å². The Morgan fingerprint density at radius 1 is 0.357 bits per heavy atom. The van der Waals surface area contributed by atoms with Crippen molar-refractivity contribution >= 4 is 68.6 Å². The molecule has 4 heteroatoms. The van der Waals surface area contributed by atoms with Crippen LogP contribution in [0.5, 0.6) is 0 Å². The summed E-state index contributed by atoms with van der Waals surface area (Å²) in [5.74, 6) is 0. The number of aryl methyl sites for hydroxylation is 1. The molecule has 0 amide bonds. The molecule has 0 spiro atoms. The number of nitrogens with zero attached hydrogens (tertiary/aromatic N) is 3. The number of anilines is 8. The molecule has 0 fully saturated rings. The molecule has 0 N–H and O–H groups in total. The lowest BCUT2D eigenvalue weighted by atomic mass is 9.33.